The van der Waals surface area contributed by atoms with Gasteiger partial charge in [0.15, 0.2) is 0 Å². The number of hydrogen-bond donors (Lipinski definition) is 0. The van der Waals surface area contributed by atoms with Gasteiger partial charge in [0.2, 0.25) is 5.28 Å². The molecular weight excluding hydrogens is 241 g/mol. The molecule has 3 nitrogen and oxygen atoms in total. The van der Waals surface area contributed by atoms with Gasteiger partial charge >= 0.3 is 0 Å². The van der Waals surface area contributed by atoms with Crippen LogP contribution >= 0.6 is 11.6 Å². The fourth-order valence-electron chi connectivity index (χ4n) is 1.90. The molecule has 88 valence electrons. The first kappa shape index (κ1) is 10.7. The largest absolute Gasteiger partial charge is 0.267 e. The van der Waals surface area contributed by atoms with Crippen molar-refractivity contribution in [3.8, 4) is 5.69 Å². The summed E-state index contributed by atoms with van der Waals surface area (Å²) in [6.45, 7) is 1.85. The summed E-state index contributed by atoms with van der Waals surface area (Å²) in [6.07, 6.45) is 2.14. The van der Waals surface area contributed by atoms with E-state index < -0.39 is 0 Å². The highest BCUT2D eigenvalue weighted by atomic mass is 35.5. The van der Waals surface area contributed by atoms with Crippen molar-refractivity contribution >= 4 is 11.6 Å². The average Bonchev–Trinajstić information content (AvgIpc) is 3.04. The van der Waals surface area contributed by atoms with E-state index in [4.69, 9.17) is 11.6 Å². The second kappa shape index (κ2) is 3.81. The Balaban J connectivity index is 2.16. The predicted molar refractivity (Wildman–Crippen MR) is 63.0 cm³/mol. The van der Waals surface area contributed by atoms with Gasteiger partial charge in [0.25, 0.3) is 0 Å². The normalized spacial score (nSPS) is 15.2. The van der Waals surface area contributed by atoms with Crippen LogP contribution in [0.3, 0.4) is 0 Å². The third-order valence-electron chi connectivity index (χ3n) is 2.94. The van der Waals surface area contributed by atoms with Crippen LogP contribution in [0.25, 0.3) is 5.69 Å². The molecule has 2 aromatic rings. The zero-order valence-electron chi connectivity index (χ0n) is 9.32. The lowest BCUT2D eigenvalue weighted by atomic mass is 10.2. The molecule has 0 unspecified atom stereocenters. The van der Waals surface area contributed by atoms with Crippen LogP contribution in [0.1, 0.15) is 30.1 Å². The number of halogens is 2. The first-order valence-corrected chi connectivity index (χ1v) is 5.92. The van der Waals surface area contributed by atoms with Gasteiger partial charge in [-0.3, -0.25) is 4.57 Å². The number of hydrogen-bond acceptors (Lipinski definition) is 2. The number of aryl methyl sites for hydroxylation is 1. The second-order valence-corrected chi connectivity index (χ2v) is 4.73. The van der Waals surface area contributed by atoms with E-state index in [1.807, 2.05) is 13.0 Å². The Morgan fingerprint density at radius 2 is 2.12 bits per heavy atom. The molecule has 0 bridgehead atoms. The Kier molecular flexibility index (Phi) is 2.40. The predicted octanol–water partition coefficient (Wildman–Crippen LogP) is 3.25. The monoisotopic (exact) mass is 251 g/mol. The molecule has 0 amide bonds. The van der Waals surface area contributed by atoms with Gasteiger partial charge in [-0.2, -0.15) is 0 Å². The summed E-state index contributed by atoms with van der Waals surface area (Å²) < 4.78 is 15.5. The maximum absolute atomic E-state index is 13.9. The van der Waals surface area contributed by atoms with E-state index in [1.165, 1.54) is 6.07 Å². The fourth-order valence-corrected chi connectivity index (χ4v) is 2.11. The molecule has 3 rings (SSSR count). The Labute approximate surface area is 103 Å². The van der Waals surface area contributed by atoms with Gasteiger partial charge in [-0.1, -0.05) is 6.07 Å². The topological polar surface area (TPSA) is 30.7 Å². The van der Waals surface area contributed by atoms with Gasteiger partial charge < -0.3 is 0 Å². The van der Waals surface area contributed by atoms with Crippen LogP contribution in [-0.2, 0) is 0 Å². The summed E-state index contributed by atoms with van der Waals surface area (Å²) in [5.41, 5.74) is 1.30. The highest BCUT2D eigenvalue weighted by Crippen LogP contribution is 2.40. The van der Waals surface area contributed by atoms with Gasteiger partial charge in [0, 0.05) is 5.92 Å². The summed E-state index contributed by atoms with van der Waals surface area (Å²) in [4.78, 5) is 0. The molecule has 1 aromatic heterocycles. The number of nitrogens with zero attached hydrogens (tertiary/aromatic N) is 3. The summed E-state index contributed by atoms with van der Waals surface area (Å²) in [6, 6.07) is 5.06. The van der Waals surface area contributed by atoms with E-state index in [0.29, 0.717) is 11.6 Å². The molecule has 0 saturated heterocycles. The maximum atomic E-state index is 13.9. The molecule has 1 saturated carbocycles. The van der Waals surface area contributed by atoms with Crippen LogP contribution in [0.5, 0.6) is 0 Å². The van der Waals surface area contributed by atoms with Gasteiger partial charge in [0.05, 0.1) is 5.69 Å². The molecule has 1 aromatic carbocycles. The van der Waals surface area contributed by atoms with Gasteiger partial charge in [-0.15, -0.1) is 10.2 Å². The highest BCUT2D eigenvalue weighted by molar-refractivity contribution is 6.28. The van der Waals surface area contributed by atoms with Crippen molar-refractivity contribution in [2.24, 2.45) is 0 Å². The summed E-state index contributed by atoms with van der Waals surface area (Å²) >= 11 is 5.99. The number of benzene rings is 1. The van der Waals surface area contributed by atoms with E-state index >= 15 is 0 Å². The lowest BCUT2D eigenvalue weighted by Crippen LogP contribution is -2.03. The fraction of sp³-hybridized carbons (Fsp3) is 0.333. The van der Waals surface area contributed by atoms with Gasteiger partial charge in [-0.25, -0.2) is 4.39 Å². The zero-order valence-corrected chi connectivity index (χ0v) is 10.1. The van der Waals surface area contributed by atoms with Crippen molar-refractivity contribution in [1.82, 2.24) is 14.8 Å². The second-order valence-electron chi connectivity index (χ2n) is 4.39. The molecule has 0 aliphatic heterocycles. The SMILES string of the molecule is Cc1ccc(-n2c(Cl)nnc2C2CC2)c(F)c1. The Morgan fingerprint density at radius 3 is 2.76 bits per heavy atom. The summed E-state index contributed by atoms with van der Waals surface area (Å²) in [7, 11) is 0. The Bertz CT molecular complexity index is 575. The van der Waals surface area contributed by atoms with Crippen molar-refractivity contribution < 1.29 is 4.39 Å². The van der Waals surface area contributed by atoms with Crippen molar-refractivity contribution in [1.29, 1.82) is 0 Å². The number of rotatable bonds is 2. The van der Waals surface area contributed by atoms with Crippen LogP contribution in [0.4, 0.5) is 4.39 Å². The molecule has 0 radical (unpaired) electrons. The Hall–Kier alpha value is -1.42. The first-order chi connectivity index (χ1) is 8.16. The molecule has 1 aliphatic rings. The zero-order chi connectivity index (χ0) is 12.0. The van der Waals surface area contributed by atoms with Crippen molar-refractivity contribution in [3.05, 3.63) is 40.7 Å². The van der Waals surface area contributed by atoms with Crippen LogP contribution in [0.15, 0.2) is 18.2 Å². The van der Waals surface area contributed by atoms with E-state index in [2.05, 4.69) is 10.2 Å². The van der Waals surface area contributed by atoms with Crippen LogP contribution < -0.4 is 0 Å². The third-order valence-corrected chi connectivity index (χ3v) is 3.18. The molecule has 0 atom stereocenters. The van der Waals surface area contributed by atoms with Gasteiger partial charge in [0.1, 0.15) is 11.6 Å². The van der Waals surface area contributed by atoms with Crippen LogP contribution in [-0.4, -0.2) is 14.8 Å². The average molecular weight is 252 g/mol. The lowest BCUT2D eigenvalue weighted by molar-refractivity contribution is 0.614. The molecule has 17 heavy (non-hydrogen) atoms. The minimum Gasteiger partial charge on any atom is -0.267 e. The third kappa shape index (κ3) is 1.82. The molecule has 1 aliphatic carbocycles. The first-order valence-electron chi connectivity index (χ1n) is 5.54. The number of aromatic nitrogens is 3. The van der Waals surface area contributed by atoms with Gasteiger partial charge in [-0.05, 0) is 49.1 Å². The minimum atomic E-state index is -0.298. The maximum Gasteiger partial charge on any atom is 0.229 e. The van der Waals surface area contributed by atoms with Crippen molar-refractivity contribution in [3.63, 3.8) is 0 Å². The quantitative estimate of drug-likeness (QED) is 0.820. The van der Waals surface area contributed by atoms with E-state index in [9.17, 15) is 4.39 Å². The lowest BCUT2D eigenvalue weighted by Gasteiger charge is -2.08. The molecule has 1 fully saturated rings. The molecular formula is C12H11ClFN3. The van der Waals surface area contributed by atoms with E-state index in [-0.39, 0.29) is 11.1 Å². The van der Waals surface area contributed by atoms with Crippen LogP contribution in [0, 0.1) is 12.7 Å². The molecule has 1 heterocycles. The molecule has 0 spiro atoms. The minimum absolute atomic E-state index is 0.217. The summed E-state index contributed by atoms with van der Waals surface area (Å²) in [5, 5.41) is 8.08. The smallest absolute Gasteiger partial charge is 0.229 e. The van der Waals surface area contributed by atoms with Crippen LogP contribution in [0.2, 0.25) is 5.28 Å². The summed E-state index contributed by atoms with van der Waals surface area (Å²) in [5.74, 6) is 0.835. The molecule has 5 heteroatoms. The Morgan fingerprint density at radius 1 is 1.35 bits per heavy atom. The van der Waals surface area contributed by atoms with Crippen molar-refractivity contribution in [2.75, 3.05) is 0 Å². The van der Waals surface area contributed by atoms with Crippen molar-refractivity contribution in [2.45, 2.75) is 25.7 Å². The molecule has 0 N–H and O–H groups in total. The van der Waals surface area contributed by atoms with E-state index in [1.54, 1.807) is 10.6 Å². The highest BCUT2D eigenvalue weighted by Gasteiger charge is 2.31. The van der Waals surface area contributed by atoms with E-state index in [0.717, 1.165) is 24.2 Å². The standard InChI is InChI=1S/C12H11ClFN3/c1-7-2-5-10(9(14)6-7)17-11(8-3-4-8)15-16-12(17)13/h2,5-6,8H,3-4H2,1H3.